The molecule has 0 aromatic carbocycles. The third kappa shape index (κ3) is 4.31. The fourth-order valence-electron chi connectivity index (χ4n) is 1.16. The summed E-state index contributed by atoms with van der Waals surface area (Å²) in [4.78, 5) is 0. The number of hydrogen-bond donors (Lipinski definition) is 3. The normalized spacial score (nSPS) is 11.3. The predicted molar refractivity (Wildman–Crippen MR) is 71.2 cm³/mol. The number of rotatable bonds is 9. The summed E-state index contributed by atoms with van der Waals surface area (Å²) in [6.07, 6.45) is 3.83. The van der Waals surface area contributed by atoms with E-state index in [1.165, 1.54) is 37.0 Å². The van der Waals surface area contributed by atoms with Crippen LogP contribution in [0, 0.1) is 0 Å². The minimum absolute atomic E-state index is 0.139. The molecule has 0 atom stereocenters. The molecule has 0 amide bonds. The molecular formula is C9H9N6O7P. The first-order valence-electron chi connectivity index (χ1n) is 5.88. The van der Waals surface area contributed by atoms with Gasteiger partial charge in [-0.15, -0.1) is 0 Å². The molecule has 0 unspecified atom stereocenters. The first-order valence-corrected chi connectivity index (χ1v) is 7.34. The van der Waals surface area contributed by atoms with Crippen molar-refractivity contribution in [3.8, 4) is 0 Å². The minimum atomic E-state index is -4.22. The van der Waals surface area contributed by atoms with Crippen molar-refractivity contribution in [2.24, 2.45) is 0 Å². The SMILES string of the molecule is O=P(ONc1ccon1)(ONc1ccon1)ONc1ccon1. The Morgan fingerprint density at radius 2 is 1.09 bits per heavy atom. The Morgan fingerprint density at radius 3 is 1.35 bits per heavy atom. The van der Waals surface area contributed by atoms with Gasteiger partial charge < -0.3 is 13.6 Å². The molecule has 14 heteroatoms. The molecule has 3 N–H and O–H groups in total. The lowest BCUT2D eigenvalue weighted by molar-refractivity contribution is 0.170. The largest absolute Gasteiger partial charge is 0.539 e. The summed E-state index contributed by atoms with van der Waals surface area (Å²) in [5.41, 5.74) is 6.72. The Labute approximate surface area is 127 Å². The van der Waals surface area contributed by atoms with Crippen LogP contribution in [-0.4, -0.2) is 15.5 Å². The van der Waals surface area contributed by atoms with Gasteiger partial charge >= 0.3 is 7.82 Å². The summed E-state index contributed by atoms with van der Waals surface area (Å²) in [6, 6.07) is 4.25. The predicted octanol–water partition coefficient (Wildman–Crippen LogP) is 2.19. The Kier molecular flexibility index (Phi) is 4.54. The summed E-state index contributed by atoms with van der Waals surface area (Å²) < 4.78 is 40.8. The molecule has 3 aromatic heterocycles. The van der Waals surface area contributed by atoms with E-state index in [-0.39, 0.29) is 17.5 Å². The molecule has 122 valence electrons. The minimum Gasteiger partial charge on any atom is -0.363 e. The van der Waals surface area contributed by atoms with Gasteiger partial charge in [0, 0.05) is 18.2 Å². The lowest BCUT2D eigenvalue weighted by Gasteiger charge is -2.16. The molecule has 0 aliphatic carbocycles. The first kappa shape index (κ1) is 15.1. The number of nitrogens with zero attached hydrogens (tertiary/aromatic N) is 3. The Morgan fingerprint density at radius 1 is 0.739 bits per heavy atom. The van der Waals surface area contributed by atoms with E-state index in [0.717, 1.165) is 0 Å². The lowest BCUT2D eigenvalue weighted by Crippen LogP contribution is -2.12. The maximum Gasteiger partial charge on any atom is 0.539 e. The van der Waals surface area contributed by atoms with Crippen LogP contribution in [0.4, 0.5) is 17.5 Å². The summed E-state index contributed by atoms with van der Waals surface area (Å²) >= 11 is 0. The number of phosphoric acid groups is 1. The molecule has 0 bridgehead atoms. The van der Waals surface area contributed by atoms with Crippen molar-refractivity contribution in [3.63, 3.8) is 0 Å². The van der Waals surface area contributed by atoms with E-state index >= 15 is 0 Å². The van der Waals surface area contributed by atoms with Crippen LogP contribution in [0.3, 0.4) is 0 Å². The van der Waals surface area contributed by atoms with Gasteiger partial charge in [-0.05, 0) is 0 Å². The summed E-state index contributed by atoms with van der Waals surface area (Å²) in [5, 5.41) is 10.5. The molecule has 0 spiro atoms. The molecule has 0 fully saturated rings. The van der Waals surface area contributed by atoms with Gasteiger partial charge in [-0.3, -0.25) is 0 Å². The highest BCUT2D eigenvalue weighted by molar-refractivity contribution is 7.48. The van der Waals surface area contributed by atoms with Gasteiger partial charge in [0.25, 0.3) is 0 Å². The maximum atomic E-state index is 12.5. The van der Waals surface area contributed by atoms with E-state index in [4.69, 9.17) is 13.9 Å². The van der Waals surface area contributed by atoms with Crippen LogP contribution < -0.4 is 16.4 Å². The zero-order chi connectivity index (χ0) is 16.0. The average Bonchev–Trinajstić information content (AvgIpc) is 3.33. The number of nitrogens with one attached hydrogen (secondary N) is 3. The number of hydrogen-bond acceptors (Lipinski definition) is 13. The summed E-state index contributed by atoms with van der Waals surface area (Å²) in [6.45, 7) is 0. The molecule has 3 heterocycles. The van der Waals surface area contributed by atoms with E-state index in [9.17, 15) is 4.57 Å². The van der Waals surface area contributed by atoms with Gasteiger partial charge in [0.05, 0.1) is 0 Å². The van der Waals surface area contributed by atoms with Crippen molar-refractivity contribution in [2.75, 3.05) is 16.4 Å². The van der Waals surface area contributed by atoms with Crippen molar-refractivity contribution >= 4 is 25.3 Å². The van der Waals surface area contributed by atoms with E-state index in [0.29, 0.717) is 0 Å². The lowest BCUT2D eigenvalue weighted by atomic mass is 10.7. The maximum absolute atomic E-state index is 12.5. The molecule has 0 saturated heterocycles. The van der Waals surface area contributed by atoms with Crippen LogP contribution in [-0.2, 0) is 18.4 Å². The van der Waals surface area contributed by atoms with E-state index < -0.39 is 7.82 Å². The molecule has 3 aromatic rings. The van der Waals surface area contributed by atoms with E-state index in [1.807, 2.05) is 0 Å². The summed E-state index contributed by atoms with van der Waals surface area (Å²) in [5.74, 6) is 0.417. The second-order valence-corrected chi connectivity index (χ2v) is 5.12. The monoisotopic (exact) mass is 344 g/mol. The van der Waals surface area contributed by atoms with Crippen LogP contribution in [0.15, 0.2) is 50.6 Å². The molecular weight excluding hydrogens is 335 g/mol. The van der Waals surface area contributed by atoms with Crippen LogP contribution in [0.2, 0.25) is 0 Å². The van der Waals surface area contributed by atoms with Crippen molar-refractivity contribution in [2.45, 2.75) is 0 Å². The first-order chi connectivity index (χ1) is 11.2. The second-order valence-electron chi connectivity index (χ2n) is 3.68. The van der Waals surface area contributed by atoms with Crippen LogP contribution in [0.1, 0.15) is 0 Å². The zero-order valence-electron chi connectivity index (χ0n) is 11.1. The van der Waals surface area contributed by atoms with Crippen LogP contribution >= 0.6 is 7.82 Å². The number of anilines is 3. The zero-order valence-corrected chi connectivity index (χ0v) is 12.0. The summed E-state index contributed by atoms with van der Waals surface area (Å²) in [7, 11) is -4.22. The molecule has 0 saturated carbocycles. The topological polar surface area (TPSA) is 159 Å². The van der Waals surface area contributed by atoms with Crippen molar-refractivity contribution in [1.29, 1.82) is 0 Å². The van der Waals surface area contributed by atoms with Gasteiger partial charge in [-0.25, -0.2) is 21.0 Å². The molecule has 0 aliphatic heterocycles. The molecule has 13 nitrogen and oxygen atoms in total. The van der Waals surface area contributed by atoms with Crippen molar-refractivity contribution < 1.29 is 32.0 Å². The average molecular weight is 344 g/mol. The Balaban J connectivity index is 1.61. The second kappa shape index (κ2) is 6.93. The van der Waals surface area contributed by atoms with Gasteiger partial charge in [-0.1, -0.05) is 15.5 Å². The molecule has 0 aliphatic rings. The fraction of sp³-hybridized carbons (Fsp3) is 0. The molecule has 23 heavy (non-hydrogen) atoms. The molecule has 3 rings (SSSR count). The standard InChI is InChI=1S/C9H9N6O7P/c16-23(20-13-7-1-4-17-10-7,21-14-8-2-5-18-11-8)22-15-9-3-6-19-12-9/h1-6H,(H,10,13)(H,11,14)(H,12,15). The van der Waals surface area contributed by atoms with Crippen molar-refractivity contribution in [3.05, 3.63) is 37.0 Å². The quantitative estimate of drug-likeness (QED) is 0.383. The third-order valence-electron chi connectivity index (χ3n) is 2.10. The highest BCUT2D eigenvalue weighted by atomic mass is 31.2. The Bertz CT molecular complexity index is 630. The molecule has 0 radical (unpaired) electrons. The highest BCUT2D eigenvalue weighted by Crippen LogP contribution is 2.48. The highest BCUT2D eigenvalue weighted by Gasteiger charge is 2.31. The number of aromatic nitrogens is 3. The van der Waals surface area contributed by atoms with Crippen LogP contribution in [0.5, 0.6) is 0 Å². The van der Waals surface area contributed by atoms with E-state index in [1.54, 1.807) is 0 Å². The fourth-order valence-corrected chi connectivity index (χ4v) is 1.89. The van der Waals surface area contributed by atoms with E-state index in [2.05, 4.69) is 45.5 Å². The van der Waals surface area contributed by atoms with Crippen molar-refractivity contribution in [1.82, 2.24) is 15.5 Å². The Hall–Kier alpha value is -2.86. The van der Waals surface area contributed by atoms with Crippen LogP contribution in [0.25, 0.3) is 0 Å². The van der Waals surface area contributed by atoms with Gasteiger partial charge in [0.15, 0.2) is 17.5 Å². The third-order valence-corrected chi connectivity index (χ3v) is 3.04. The van der Waals surface area contributed by atoms with Gasteiger partial charge in [0.1, 0.15) is 18.8 Å². The van der Waals surface area contributed by atoms with Gasteiger partial charge in [-0.2, -0.15) is 13.9 Å². The smallest absolute Gasteiger partial charge is 0.363 e. The van der Waals surface area contributed by atoms with Gasteiger partial charge in [0.2, 0.25) is 0 Å².